The maximum atomic E-state index is 11.8. The summed E-state index contributed by atoms with van der Waals surface area (Å²) >= 11 is 0. The van der Waals surface area contributed by atoms with Crippen LogP contribution in [-0.2, 0) is 25.5 Å². The van der Waals surface area contributed by atoms with E-state index in [1.54, 1.807) is 0 Å². The number of ether oxygens (including phenoxy) is 2. The van der Waals surface area contributed by atoms with Gasteiger partial charge in [0.2, 0.25) is 0 Å². The summed E-state index contributed by atoms with van der Waals surface area (Å²) in [5.41, 5.74) is 1.28. The average molecular weight is 475 g/mol. The molecule has 0 heterocycles. The summed E-state index contributed by atoms with van der Waals surface area (Å²) in [6.45, 7) is 3.33. The molecule has 4 heteroatoms. The number of carbonyl (C=O) groups excluding carboxylic acids is 2. The monoisotopic (exact) mass is 474 g/mol. The molecule has 0 atom stereocenters. The predicted molar refractivity (Wildman–Crippen MR) is 141 cm³/mol. The van der Waals surface area contributed by atoms with Crippen LogP contribution >= 0.6 is 0 Å². The Morgan fingerprint density at radius 2 is 1.00 bits per heavy atom. The second-order valence-electron chi connectivity index (χ2n) is 9.48. The number of benzene rings is 1. The van der Waals surface area contributed by atoms with Crippen molar-refractivity contribution in [2.75, 3.05) is 13.2 Å². The third-order valence-electron chi connectivity index (χ3n) is 6.24. The van der Waals surface area contributed by atoms with E-state index in [2.05, 4.69) is 19.1 Å². The van der Waals surface area contributed by atoms with E-state index in [1.165, 1.54) is 56.9 Å². The Kier molecular flexibility index (Phi) is 20.4. The first-order valence-electron chi connectivity index (χ1n) is 14.1. The molecule has 0 aliphatic heterocycles. The second kappa shape index (κ2) is 22.9. The number of hydrogen-bond donors (Lipinski definition) is 0. The van der Waals surface area contributed by atoms with Gasteiger partial charge >= 0.3 is 11.9 Å². The number of carbonyl (C=O) groups is 2. The Labute approximate surface area is 209 Å². The Morgan fingerprint density at radius 3 is 1.53 bits per heavy atom. The molecule has 0 fully saturated rings. The summed E-state index contributed by atoms with van der Waals surface area (Å²) < 4.78 is 10.7. The van der Waals surface area contributed by atoms with Crippen molar-refractivity contribution >= 4 is 11.9 Å². The Bertz CT molecular complexity index is 599. The van der Waals surface area contributed by atoms with Gasteiger partial charge in [-0.05, 0) is 37.7 Å². The van der Waals surface area contributed by atoms with Gasteiger partial charge in [-0.15, -0.1) is 0 Å². The number of rotatable bonds is 23. The molecule has 1 aromatic rings. The predicted octanol–water partition coefficient (Wildman–Crippen LogP) is 8.36. The number of hydrogen-bond acceptors (Lipinski definition) is 4. The Hall–Kier alpha value is -1.84. The summed E-state index contributed by atoms with van der Waals surface area (Å²) in [5, 5.41) is 0. The molecule has 0 aliphatic carbocycles. The normalized spacial score (nSPS) is 10.9. The van der Waals surface area contributed by atoms with Crippen molar-refractivity contribution in [3.05, 3.63) is 35.9 Å². The fraction of sp³-hybridized carbons (Fsp3) is 0.733. The van der Waals surface area contributed by atoms with Gasteiger partial charge < -0.3 is 9.47 Å². The van der Waals surface area contributed by atoms with Gasteiger partial charge in [-0.1, -0.05) is 114 Å². The lowest BCUT2D eigenvalue weighted by Crippen LogP contribution is -2.06. The lowest BCUT2D eigenvalue weighted by molar-refractivity contribution is -0.144. The Morgan fingerprint density at radius 1 is 0.559 bits per heavy atom. The molecule has 0 unspecified atom stereocenters. The van der Waals surface area contributed by atoms with Crippen molar-refractivity contribution < 1.29 is 19.1 Å². The lowest BCUT2D eigenvalue weighted by Gasteiger charge is -2.06. The van der Waals surface area contributed by atoms with Crippen molar-refractivity contribution in [2.24, 2.45) is 0 Å². The summed E-state index contributed by atoms with van der Waals surface area (Å²) in [6.07, 6.45) is 20.5. The third kappa shape index (κ3) is 19.6. The van der Waals surface area contributed by atoms with Crippen LogP contribution in [0.25, 0.3) is 0 Å². The molecule has 0 spiro atoms. The molecule has 0 N–H and O–H groups in total. The quantitative estimate of drug-likeness (QED) is 0.118. The van der Waals surface area contributed by atoms with Crippen LogP contribution in [-0.4, -0.2) is 25.2 Å². The minimum atomic E-state index is -0.0808. The number of aryl methyl sites for hydroxylation is 1. The maximum absolute atomic E-state index is 11.8. The number of unbranched alkanes of at least 4 members (excludes halogenated alkanes) is 13. The molecule has 0 amide bonds. The summed E-state index contributed by atoms with van der Waals surface area (Å²) in [6, 6.07) is 10.3. The van der Waals surface area contributed by atoms with Crippen LogP contribution in [0.4, 0.5) is 0 Å². The third-order valence-corrected chi connectivity index (χ3v) is 6.24. The van der Waals surface area contributed by atoms with Gasteiger partial charge in [-0.2, -0.15) is 0 Å². The standard InChI is InChI=1S/C30H50O4/c1-2-3-4-5-6-7-10-13-19-26-33-29(31)24-17-11-8-9-12-18-25-30(32)34-27-20-23-28-21-15-14-16-22-28/h14-16,21-22H,2-13,17-20,23-27H2,1H3. The van der Waals surface area contributed by atoms with Crippen LogP contribution in [0.3, 0.4) is 0 Å². The molecule has 194 valence electrons. The summed E-state index contributed by atoms with van der Waals surface area (Å²) in [5.74, 6) is -0.127. The van der Waals surface area contributed by atoms with E-state index in [4.69, 9.17) is 9.47 Å². The number of esters is 2. The van der Waals surface area contributed by atoms with Gasteiger partial charge in [0.15, 0.2) is 0 Å². The van der Waals surface area contributed by atoms with Gasteiger partial charge in [0, 0.05) is 12.8 Å². The van der Waals surface area contributed by atoms with Crippen LogP contribution < -0.4 is 0 Å². The van der Waals surface area contributed by atoms with Gasteiger partial charge in [-0.25, -0.2) is 0 Å². The van der Waals surface area contributed by atoms with E-state index in [0.717, 1.165) is 57.8 Å². The first kappa shape index (κ1) is 30.2. The van der Waals surface area contributed by atoms with Crippen molar-refractivity contribution in [3.8, 4) is 0 Å². The van der Waals surface area contributed by atoms with Crippen molar-refractivity contribution in [1.82, 2.24) is 0 Å². The summed E-state index contributed by atoms with van der Waals surface area (Å²) in [4.78, 5) is 23.6. The van der Waals surface area contributed by atoms with Crippen molar-refractivity contribution in [1.29, 1.82) is 0 Å². The molecule has 0 saturated carbocycles. The minimum Gasteiger partial charge on any atom is -0.466 e. The zero-order valence-electron chi connectivity index (χ0n) is 21.9. The molecule has 0 bridgehead atoms. The van der Waals surface area contributed by atoms with E-state index < -0.39 is 0 Å². The first-order chi connectivity index (χ1) is 16.7. The van der Waals surface area contributed by atoms with Crippen LogP contribution in [0, 0.1) is 0 Å². The maximum Gasteiger partial charge on any atom is 0.305 e. The van der Waals surface area contributed by atoms with Gasteiger partial charge in [-0.3, -0.25) is 9.59 Å². The molecule has 1 rings (SSSR count). The zero-order chi connectivity index (χ0) is 24.5. The molecular weight excluding hydrogens is 424 g/mol. The van der Waals surface area contributed by atoms with Crippen molar-refractivity contribution in [2.45, 2.75) is 129 Å². The van der Waals surface area contributed by atoms with Crippen LogP contribution in [0.1, 0.15) is 128 Å². The van der Waals surface area contributed by atoms with E-state index in [9.17, 15) is 9.59 Å². The minimum absolute atomic E-state index is 0.0467. The fourth-order valence-electron chi connectivity index (χ4n) is 4.10. The fourth-order valence-corrected chi connectivity index (χ4v) is 4.10. The smallest absolute Gasteiger partial charge is 0.305 e. The zero-order valence-corrected chi connectivity index (χ0v) is 21.9. The first-order valence-corrected chi connectivity index (χ1v) is 14.1. The molecule has 34 heavy (non-hydrogen) atoms. The highest BCUT2D eigenvalue weighted by Crippen LogP contribution is 2.11. The largest absolute Gasteiger partial charge is 0.466 e. The molecule has 0 aromatic heterocycles. The highest BCUT2D eigenvalue weighted by atomic mass is 16.5. The van der Waals surface area contributed by atoms with Crippen LogP contribution in [0.15, 0.2) is 30.3 Å². The Balaban J connectivity index is 1.78. The molecule has 1 aromatic carbocycles. The van der Waals surface area contributed by atoms with E-state index in [-0.39, 0.29) is 11.9 Å². The van der Waals surface area contributed by atoms with Gasteiger partial charge in [0.1, 0.15) is 0 Å². The highest BCUT2D eigenvalue weighted by molar-refractivity contribution is 5.69. The van der Waals surface area contributed by atoms with Crippen LogP contribution in [0.2, 0.25) is 0 Å². The van der Waals surface area contributed by atoms with Crippen LogP contribution in [0.5, 0.6) is 0 Å². The molecular formula is C30H50O4. The molecule has 0 radical (unpaired) electrons. The van der Waals surface area contributed by atoms with Crippen molar-refractivity contribution in [3.63, 3.8) is 0 Å². The van der Waals surface area contributed by atoms with Gasteiger partial charge in [0.05, 0.1) is 13.2 Å². The topological polar surface area (TPSA) is 52.6 Å². The SMILES string of the molecule is CCCCCCCCCCCOC(=O)CCCCCCCCC(=O)OCCCc1ccccc1. The van der Waals surface area contributed by atoms with Gasteiger partial charge in [0.25, 0.3) is 0 Å². The summed E-state index contributed by atoms with van der Waals surface area (Å²) in [7, 11) is 0. The molecule has 0 saturated heterocycles. The van der Waals surface area contributed by atoms with E-state index >= 15 is 0 Å². The molecule has 0 aliphatic rings. The second-order valence-corrected chi connectivity index (χ2v) is 9.48. The highest BCUT2D eigenvalue weighted by Gasteiger charge is 2.04. The molecule has 4 nitrogen and oxygen atoms in total. The van der Waals surface area contributed by atoms with E-state index in [0.29, 0.717) is 26.1 Å². The van der Waals surface area contributed by atoms with E-state index in [1.807, 2.05) is 18.2 Å². The lowest BCUT2D eigenvalue weighted by atomic mass is 10.1. The average Bonchev–Trinajstić information content (AvgIpc) is 2.85.